The van der Waals surface area contributed by atoms with Gasteiger partial charge in [0.15, 0.2) is 5.43 Å². The number of fused-ring (bicyclic) bond motifs is 1. The van der Waals surface area contributed by atoms with Crippen LogP contribution < -0.4 is 10.7 Å². The highest BCUT2D eigenvalue weighted by Crippen LogP contribution is 2.15. The summed E-state index contributed by atoms with van der Waals surface area (Å²) in [5, 5.41) is 3.66. The van der Waals surface area contributed by atoms with Gasteiger partial charge >= 0.3 is 0 Å². The molecule has 1 atom stereocenters. The molecule has 5 nitrogen and oxygen atoms in total. The van der Waals surface area contributed by atoms with Crippen molar-refractivity contribution in [2.45, 2.75) is 39.2 Å². The van der Waals surface area contributed by atoms with Crippen LogP contribution >= 0.6 is 0 Å². The molecule has 1 unspecified atom stereocenters. The van der Waals surface area contributed by atoms with E-state index in [2.05, 4.69) is 22.1 Å². The Morgan fingerprint density at radius 3 is 2.88 bits per heavy atom. The third-order valence-electron chi connectivity index (χ3n) is 4.95. The second-order valence-corrected chi connectivity index (χ2v) is 6.66. The van der Waals surface area contributed by atoms with Crippen LogP contribution in [0.15, 0.2) is 29.1 Å². The van der Waals surface area contributed by atoms with Gasteiger partial charge in [-0.2, -0.15) is 0 Å². The monoisotopic (exact) mass is 327 g/mol. The van der Waals surface area contributed by atoms with Crippen LogP contribution in [0.3, 0.4) is 0 Å². The second kappa shape index (κ2) is 7.18. The number of nitrogens with one attached hydrogen (secondary N) is 2. The summed E-state index contributed by atoms with van der Waals surface area (Å²) in [5.74, 6) is 0.0964. The van der Waals surface area contributed by atoms with Gasteiger partial charge in [0.2, 0.25) is 5.91 Å². The molecule has 1 aliphatic heterocycles. The van der Waals surface area contributed by atoms with Crippen molar-refractivity contribution in [3.63, 3.8) is 0 Å². The summed E-state index contributed by atoms with van der Waals surface area (Å²) in [6, 6.07) is 7.92. The standard InChI is InChI=1S/C19H25N3O2/c1-13(22-11-5-10-20-18(23)12-22)8-9-15-14(2)21-17-7-4-3-6-16(17)19(15)24/h3-4,6-7,13H,5,8-12H2,1-2H3,(H,20,23)(H,21,24). The minimum atomic E-state index is 0.0964. The fourth-order valence-corrected chi connectivity index (χ4v) is 3.44. The molecule has 5 heteroatoms. The first-order valence-electron chi connectivity index (χ1n) is 8.67. The summed E-state index contributed by atoms with van der Waals surface area (Å²) in [4.78, 5) is 30.0. The van der Waals surface area contributed by atoms with Crippen LogP contribution in [0.1, 0.15) is 31.0 Å². The van der Waals surface area contributed by atoms with E-state index < -0.39 is 0 Å². The van der Waals surface area contributed by atoms with E-state index in [0.29, 0.717) is 6.54 Å². The van der Waals surface area contributed by atoms with Crippen molar-refractivity contribution in [3.05, 3.63) is 45.7 Å². The minimum absolute atomic E-state index is 0.0964. The Kier molecular flexibility index (Phi) is 5.00. The highest BCUT2D eigenvalue weighted by atomic mass is 16.2. The van der Waals surface area contributed by atoms with Crippen LogP contribution in [-0.4, -0.2) is 41.5 Å². The Labute approximate surface area is 142 Å². The molecule has 0 saturated carbocycles. The average molecular weight is 327 g/mol. The second-order valence-electron chi connectivity index (χ2n) is 6.66. The van der Waals surface area contributed by atoms with Crippen LogP contribution in [0.25, 0.3) is 10.9 Å². The summed E-state index contributed by atoms with van der Waals surface area (Å²) in [6.45, 7) is 6.24. The maximum atomic E-state index is 12.7. The number of aromatic amines is 1. The molecule has 2 aromatic rings. The summed E-state index contributed by atoms with van der Waals surface area (Å²) in [6.07, 6.45) is 2.58. The first kappa shape index (κ1) is 16.7. The quantitative estimate of drug-likeness (QED) is 0.902. The maximum absolute atomic E-state index is 12.7. The number of nitrogens with zero attached hydrogens (tertiary/aromatic N) is 1. The van der Waals surface area contributed by atoms with Crippen molar-refractivity contribution in [1.82, 2.24) is 15.2 Å². The third-order valence-corrected chi connectivity index (χ3v) is 4.95. The van der Waals surface area contributed by atoms with Crippen molar-refractivity contribution in [1.29, 1.82) is 0 Å². The van der Waals surface area contributed by atoms with Gasteiger partial charge in [0.05, 0.1) is 6.54 Å². The fraction of sp³-hybridized carbons (Fsp3) is 0.474. The van der Waals surface area contributed by atoms with E-state index in [0.717, 1.165) is 54.5 Å². The van der Waals surface area contributed by atoms with Gasteiger partial charge in [-0.25, -0.2) is 0 Å². The average Bonchev–Trinajstić information content (AvgIpc) is 2.79. The van der Waals surface area contributed by atoms with Gasteiger partial charge in [-0.15, -0.1) is 0 Å². The molecule has 3 rings (SSSR count). The number of rotatable bonds is 4. The number of para-hydroxylation sites is 1. The Bertz CT molecular complexity index is 797. The number of hydrogen-bond donors (Lipinski definition) is 2. The molecule has 24 heavy (non-hydrogen) atoms. The van der Waals surface area contributed by atoms with Gasteiger partial charge < -0.3 is 10.3 Å². The van der Waals surface area contributed by atoms with E-state index >= 15 is 0 Å². The van der Waals surface area contributed by atoms with Gasteiger partial charge in [0.25, 0.3) is 0 Å². The molecule has 0 bridgehead atoms. The number of benzene rings is 1. The lowest BCUT2D eigenvalue weighted by Crippen LogP contribution is -2.39. The summed E-state index contributed by atoms with van der Waals surface area (Å²) in [5.41, 5.74) is 2.82. The van der Waals surface area contributed by atoms with Crippen LogP contribution in [-0.2, 0) is 11.2 Å². The van der Waals surface area contributed by atoms with Crippen LogP contribution in [0.4, 0.5) is 0 Å². The van der Waals surface area contributed by atoms with Crippen molar-refractivity contribution in [2.75, 3.05) is 19.6 Å². The molecule has 128 valence electrons. The molecule has 0 radical (unpaired) electrons. The van der Waals surface area contributed by atoms with E-state index in [4.69, 9.17) is 0 Å². The van der Waals surface area contributed by atoms with Crippen LogP contribution in [0, 0.1) is 6.92 Å². The first-order chi connectivity index (χ1) is 11.6. The zero-order valence-electron chi connectivity index (χ0n) is 14.4. The Morgan fingerprint density at radius 1 is 1.25 bits per heavy atom. The van der Waals surface area contributed by atoms with Crippen molar-refractivity contribution >= 4 is 16.8 Å². The van der Waals surface area contributed by atoms with Gasteiger partial charge in [-0.05, 0) is 45.2 Å². The van der Waals surface area contributed by atoms with E-state index in [9.17, 15) is 9.59 Å². The SMILES string of the molecule is Cc1[nH]c2ccccc2c(=O)c1CCC(C)N1CCCNC(=O)C1. The minimum Gasteiger partial charge on any atom is -0.358 e. The lowest BCUT2D eigenvalue weighted by molar-refractivity contribution is -0.121. The summed E-state index contributed by atoms with van der Waals surface area (Å²) in [7, 11) is 0. The number of pyridine rings is 1. The molecule has 1 aliphatic rings. The lowest BCUT2D eigenvalue weighted by atomic mass is 10.0. The molecule has 0 aliphatic carbocycles. The molecule has 2 N–H and O–H groups in total. The molecule has 1 aromatic carbocycles. The number of amides is 1. The van der Waals surface area contributed by atoms with E-state index in [-0.39, 0.29) is 17.4 Å². The molecule has 1 aromatic heterocycles. The Morgan fingerprint density at radius 2 is 2.04 bits per heavy atom. The van der Waals surface area contributed by atoms with Crippen LogP contribution in [0.5, 0.6) is 0 Å². The van der Waals surface area contributed by atoms with Crippen molar-refractivity contribution in [2.24, 2.45) is 0 Å². The molecule has 2 heterocycles. The zero-order chi connectivity index (χ0) is 17.1. The van der Waals surface area contributed by atoms with Gasteiger partial charge in [0, 0.05) is 41.3 Å². The van der Waals surface area contributed by atoms with Crippen molar-refractivity contribution < 1.29 is 4.79 Å². The number of carbonyl (C=O) groups excluding carboxylic acids is 1. The normalized spacial score (nSPS) is 17.5. The molecule has 0 spiro atoms. The largest absolute Gasteiger partial charge is 0.358 e. The molecular formula is C19H25N3O2. The smallest absolute Gasteiger partial charge is 0.234 e. The number of H-pyrrole nitrogens is 1. The number of aromatic nitrogens is 1. The number of aryl methyl sites for hydroxylation is 1. The van der Waals surface area contributed by atoms with Gasteiger partial charge in [-0.1, -0.05) is 12.1 Å². The van der Waals surface area contributed by atoms with E-state index in [1.165, 1.54) is 0 Å². The predicted molar refractivity (Wildman–Crippen MR) is 96.3 cm³/mol. The molecular weight excluding hydrogens is 302 g/mol. The lowest BCUT2D eigenvalue weighted by Gasteiger charge is -2.26. The number of carbonyl (C=O) groups is 1. The summed E-state index contributed by atoms with van der Waals surface area (Å²) < 4.78 is 0. The Balaban J connectivity index is 1.75. The molecule has 1 fully saturated rings. The predicted octanol–water partition coefficient (Wildman–Crippen LogP) is 1.98. The van der Waals surface area contributed by atoms with Crippen molar-refractivity contribution in [3.8, 4) is 0 Å². The number of hydrogen-bond acceptors (Lipinski definition) is 3. The first-order valence-corrected chi connectivity index (χ1v) is 8.67. The molecule has 1 saturated heterocycles. The van der Waals surface area contributed by atoms with Crippen LogP contribution in [0.2, 0.25) is 0 Å². The third kappa shape index (κ3) is 3.51. The van der Waals surface area contributed by atoms with Gasteiger partial charge in [0.1, 0.15) is 0 Å². The highest BCUT2D eigenvalue weighted by Gasteiger charge is 2.20. The maximum Gasteiger partial charge on any atom is 0.234 e. The Hall–Kier alpha value is -2.14. The summed E-state index contributed by atoms with van der Waals surface area (Å²) >= 11 is 0. The van der Waals surface area contributed by atoms with E-state index in [1.54, 1.807) is 0 Å². The zero-order valence-corrected chi connectivity index (χ0v) is 14.4. The molecule has 1 amide bonds. The van der Waals surface area contributed by atoms with E-state index in [1.807, 2.05) is 31.2 Å². The topological polar surface area (TPSA) is 65.2 Å². The van der Waals surface area contributed by atoms with Gasteiger partial charge in [-0.3, -0.25) is 14.5 Å². The fourth-order valence-electron chi connectivity index (χ4n) is 3.44. The highest BCUT2D eigenvalue weighted by molar-refractivity contribution is 5.79.